The summed E-state index contributed by atoms with van der Waals surface area (Å²) in [6.45, 7) is 0.844. The second kappa shape index (κ2) is 4.56. The van der Waals surface area contributed by atoms with Gasteiger partial charge in [0.2, 0.25) is 5.91 Å². The molecular weight excluding hydrogens is 248 g/mol. The SMILES string of the molecule is NC1CC(=O)N(c2ncnc3c2ncn3CCO)C1. The maximum atomic E-state index is 11.9. The lowest BCUT2D eigenvalue weighted by Crippen LogP contribution is -2.29. The van der Waals surface area contributed by atoms with E-state index in [1.54, 1.807) is 15.8 Å². The Labute approximate surface area is 108 Å². The van der Waals surface area contributed by atoms with Crippen LogP contribution < -0.4 is 10.6 Å². The molecule has 0 radical (unpaired) electrons. The molecule has 1 aliphatic heterocycles. The fraction of sp³-hybridized carbons (Fsp3) is 0.455. The van der Waals surface area contributed by atoms with Gasteiger partial charge in [-0.25, -0.2) is 15.0 Å². The summed E-state index contributed by atoms with van der Waals surface area (Å²) in [5, 5.41) is 8.98. The Kier molecular flexibility index (Phi) is 2.88. The first-order valence-corrected chi connectivity index (χ1v) is 6.03. The van der Waals surface area contributed by atoms with Crippen molar-refractivity contribution in [3.05, 3.63) is 12.7 Å². The van der Waals surface area contributed by atoms with Crippen molar-refractivity contribution in [2.75, 3.05) is 18.1 Å². The lowest BCUT2D eigenvalue weighted by molar-refractivity contribution is -0.117. The first kappa shape index (κ1) is 12.0. The van der Waals surface area contributed by atoms with E-state index in [4.69, 9.17) is 10.8 Å². The molecule has 3 N–H and O–H groups in total. The van der Waals surface area contributed by atoms with Crippen LogP contribution in [0.3, 0.4) is 0 Å². The second-order valence-corrected chi connectivity index (χ2v) is 4.50. The number of anilines is 1. The van der Waals surface area contributed by atoms with Gasteiger partial charge in [-0.05, 0) is 0 Å². The summed E-state index contributed by atoms with van der Waals surface area (Å²) in [5.41, 5.74) is 6.94. The number of amides is 1. The molecular formula is C11H14N6O2. The van der Waals surface area contributed by atoms with Crippen LogP contribution in [0.4, 0.5) is 5.82 Å². The largest absolute Gasteiger partial charge is 0.395 e. The van der Waals surface area contributed by atoms with Crippen molar-refractivity contribution in [2.45, 2.75) is 19.0 Å². The molecule has 2 aromatic heterocycles. The monoisotopic (exact) mass is 262 g/mol. The van der Waals surface area contributed by atoms with Crippen LogP contribution in [0, 0.1) is 0 Å². The van der Waals surface area contributed by atoms with E-state index in [2.05, 4.69) is 15.0 Å². The predicted molar refractivity (Wildman–Crippen MR) is 67.4 cm³/mol. The number of hydrogen-bond donors (Lipinski definition) is 2. The number of rotatable bonds is 3. The molecule has 1 atom stereocenters. The van der Waals surface area contributed by atoms with Crippen LogP contribution in [0.5, 0.6) is 0 Å². The predicted octanol–water partition coefficient (Wildman–Crippen LogP) is -1.12. The summed E-state index contributed by atoms with van der Waals surface area (Å²) in [4.78, 5) is 25.9. The standard InChI is InChI=1S/C11H14N6O2/c12-7-3-8(19)17(4-7)11-9-10(13-5-14-11)16(1-2-18)6-15-9/h5-7,18H,1-4,12H2. The minimum absolute atomic E-state index is 0.00167. The highest BCUT2D eigenvalue weighted by molar-refractivity contribution is 6.00. The molecule has 19 heavy (non-hydrogen) atoms. The van der Waals surface area contributed by atoms with Crippen LogP contribution in [0.25, 0.3) is 11.2 Å². The summed E-state index contributed by atoms with van der Waals surface area (Å²) in [5.74, 6) is 0.434. The van der Waals surface area contributed by atoms with Crippen LogP contribution in [-0.4, -0.2) is 49.7 Å². The zero-order chi connectivity index (χ0) is 13.4. The molecule has 0 spiro atoms. The third-order valence-corrected chi connectivity index (χ3v) is 3.13. The van der Waals surface area contributed by atoms with E-state index in [1.807, 2.05) is 0 Å². The highest BCUT2D eigenvalue weighted by Gasteiger charge is 2.31. The van der Waals surface area contributed by atoms with Gasteiger partial charge in [0.1, 0.15) is 6.33 Å². The number of aliphatic hydroxyl groups is 1. The molecule has 1 amide bonds. The minimum atomic E-state index is -0.169. The van der Waals surface area contributed by atoms with Crippen molar-refractivity contribution < 1.29 is 9.90 Å². The molecule has 0 aromatic carbocycles. The number of fused-ring (bicyclic) bond motifs is 1. The first-order valence-electron chi connectivity index (χ1n) is 6.03. The maximum absolute atomic E-state index is 11.9. The fourth-order valence-electron chi connectivity index (χ4n) is 2.28. The lowest BCUT2D eigenvalue weighted by atomic mass is 10.3. The molecule has 0 aliphatic carbocycles. The molecule has 1 fully saturated rings. The Morgan fingerprint density at radius 1 is 1.42 bits per heavy atom. The minimum Gasteiger partial charge on any atom is -0.395 e. The highest BCUT2D eigenvalue weighted by Crippen LogP contribution is 2.25. The number of carbonyl (C=O) groups excluding carboxylic acids is 1. The molecule has 0 bridgehead atoms. The van der Waals surface area contributed by atoms with Gasteiger partial charge >= 0.3 is 0 Å². The van der Waals surface area contributed by atoms with Gasteiger partial charge in [0.25, 0.3) is 0 Å². The topological polar surface area (TPSA) is 110 Å². The quantitative estimate of drug-likeness (QED) is 0.725. The Morgan fingerprint density at radius 3 is 2.95 bits per heavy atom. The Morgan fingerprint density at radius 2 is 2.26 bits per heavy atom. The van der Waals surface area contributed by atoms with Gasteiger partial charge in [-0.3, -0.25) is 9.69 Å². The molecule has 3 heterocycles. The van der Waals surface area contributed by atoms with E-state index in [1.165, 1.54) is 6.33 Å². The van der Waals surface area contributed by atoms with E-state index in [0.29, 0.717) is 36.5 Å². The van der Waals surface area contributed by atoms with Gasteiger partial charge in [-0.2, -0.15) is 0 Å². The van der Waals surface area contributed by atoms with Crippen molar-refractivity contribution in [1.82, 2.24) is 19.5 Å². The fourth-order valence-corrected chi connectivity index (χ4v) is 2.28. The van der Waals surface area contributed by atoms with Crippen LogP contribution in [0.2, 0.25) is 0 Å². The summed E-state index contributed by atoms with van der Waals surface area (Å²) in [7, 11) is 0. The van der Waals surface area contributed by atoms with Crippen molar-refractivity contribution >= 4 is 22.9 Å². The van der Waals surface area contributed by atoms with Crippen molar-refractivity contribution in [3.63, 3.8) is 0 Å². The average molecular weight is 262 g/mol. The number of nitrogens with two attached hydrogens (primary N) is 1. The summed E-state index contributed by atoms with van der Waals surface area (Å²) < 4.78 is 1.72. The van der Waals surface area contributed by atoms with E-state index in [0.717, 1.165) is 0 Å². The van der Waals surface area contributed by atoms with E-state index in [9.17, 15) is 4.79 Å². The summed E-state index contributed by atoms with van der Waals surface area (Å²) in [6, 6.07) is -0.169. The average Bonchev–Trinajstić information content (AvgIpc) is 2.94. The highest BCUT2D eigenvalue weighted by atomic mass is 16.3. The van der Waals surface area contributed by atoms with Crippen LogP contribution in [-0.2, 0) is 11.3 Å². The molecule has 8 heteroatoms. The Hall–Kier alpha value is -2.06. The third kappa shape index (κ3) is 1.94. The van der Waals surface area contributed by atoms with Gasteiger partial charge in [-0.1, -0.05) is 0 Å². The maximum Gasteiger partial charge on any atom is 0.229 e. The molecule has 1 unspecified atom stereocenters. The van der Waals surface area contributed by atoms with Crippen LogP contribution in [0.15, 0.2) is 12.7 Å². The van der Waals surface area contributed by atoms with Gasteiger partial charge in [0.15, 0.2) is 17.0 Å². The van der Waals surface area contributed by atoms with Crippen molar-refractivity contribution in [1.29, 1.82) is 0 Å². The Bertz CT molecular complexity index is 625. The molecule has 2 aromatic rings. The zero-order valence-electron chi connectivity index (χ0n) is 10.2. The third-order valence-electron chi connectivity index (χ3n) is 3.13. The second-order valence-electron chi connectivity index (χ2n) is 4.50. The molecule has 3 rings (SSSR count). The summed E-state index contributed by atoms with van der Waals surface area (Å²) >= 11 is 0. The summed E-state index contributed by atoms with van der Waals surface area (Å²) in [6.07, 6.45) is 3.30. The van der Waals surface area contributed by atoms with Gasteiger partial charge < -0.3 is 15.4 Å². The molecule has 1 aliphatic rings. The van der Waals surface area contributed by atoms with Crippen molar-refractivity contribution in [2.24, 2.45) is 5.73 Å². The number of nitrogens with zero attached hydrogens (tertiary/aromatic N) is 5. The van der Waals surface area contributed by atoms with E-state index >= 15 is 0 Å². The van der Waals surface area contributed by atoms with Crippen LogP contribution in [0.1, 0.15) is 6.42 Å². The normalized spacial score (nSPS) is 19.6. The van der Waals surface area contributed by atoms with Crippen LogP contribution >= 0.6 is 0 Å². The number of imidazole rings is 1. The van der Waals surface area contributed by atoms with Gasteiger partial charge in [0, 0.05) is 25.6 Å². The smallest absolute Gasteiger partial charge is 0.229 e. The first-order chi connectivity index (χ1) is 9.20. The van der Waals surface area contributed by atoms with E-state index < -0.39 is 0 Å². The number of aliphatic hydroxyl groups excluding tert-OH is 1. The molecule has 8 nitrogen and oxygen atoms in total. The molecule has 1 saturated heterocycles. The zero-order valence-corrected chi connectivity index (χ0v) is 10.2. The molecule has 100 valence electrons. The van der Waals surface area contributed by atoms with Gasteiger partial charge in [0.05, 0.1) is 12.9 Å². The Balaban J connectivity index is 2.07. The van der Waals surface area contributed by atoms with Crippen molar-refractivity contribution in [3.8, 4) is 0 Å². The lowest BCUT2D eigenvalue weighted by Gasteiger charge is -2.14. The number of aromatic nitrogens is 4. The van der Waals surface area contributed by atoms with Gasteiger partial charge in [-0.15, -0.1) is 0 Å². The molecule has 0 saturated carbocycles. The van der Waals surface area contributed by atoms with E-state index in [-0.39, 0.29) is 18.6 Å². The number of carbonyl (C=O) groups is 1. The number of hydrogen-bond acceptors (Lipinski definition) is 6.